The third-order valence-electron chi connectivity index (χ3n) is 4.23. The van der Waals surface area contributed by atoms with Crippen LogP contribution in [0.25, 0.3) is 0 Å². The molecule has 5 nitrogen and oxygen atoms in total. The van der Waals surface area contributed by atoms with Crippen LogP contribution in [0.1, 0.15) is 39.0 Å². The minimum atomic E-state index is -0.368. The Morgan fingerprint density at radius 2 is 2.24 bits per heavy atom. The number of nitrogens with zero attached hydrogens (tertiary/aromatic N) is 1. The van der Waals surface area contributed by atoms with Crippen molar-refractivity contribution in [3.63, 3.8) is 0 Å². The Labute approximate surface area is 155 Å². The second-order valence-electron chi connectivity index (χ2n) is 6.03. The molecule has 2 aromatic rings. The van der Waals surface area contributed by atoms with Crippen LogP contribution in [0.15, 0.2) is 17.5 Å². The molecule has 0 aliphatic carbocycles. The average molecular weight is 379 g/mol. The fraction of sp³-hybridized carbons (Fsp3) is 0.444. The lowest BCUT2D eigenvalue weighted by Crippen LogP contribution is -2.30. The van der Waals surface area contributed by atoms with E-state index in [1.807, 2.05) is 17.5 Å². The highest BCUT2D eigenvalue weighted by Gasteiger charge is 2.29. The minimum absolute atomic E-state index is 0.100. The van der Waals surface area contributed by atoms with E-state index in [1.54, 1.807) is 11.3 Å². The Bertz CT molecular complexity index is 753. The number of esters is 1. The number of thiophene rings is 2. The summed E-state index contributed by atoms with van der Waals surface area (Å²) in [6.45, 7) is 4.98. The first-order valence-electron chi connectivity index (χ1n) is 8.39. The van der Waals surface area contributed by atoms with Gasteiger partial charge in [0, 0.05) is 22.8 Å². The topological polar surface area (TPSA) is 58.6 Å². The Kier molecular flexibility index (Phi) is 5.88. The smallest absolute Gasteiger partial charge is 0.341 e. The number of fused-ring (bicyclic) bond motifs is 1. The molecule has 7 heteroatoms. The molecule has 0 aromatic carbocycles. The van der Waals surface area contributed by atoms with Crippen LogP contribution in [0.4, 0.5) is 5.00 Å². The summed E-state index contributed by atoms with van der Waals surface area (Å²) in [7, 11) is 1.38. The maximum atomic E-state index is 12.4. The zero-order valence-electron chi connectivity index (χ0n) is 14.5. The molecular formula is C18H22N2O3S2. The highest BCUT2D eigenvalue weighted by molar-refractivity contribution is 7.17. The summed E-state index contributed by atoms with van der Waals surface area (Å²) >= 11 is 3.06. The van der Waals surface area contributed by atoms with Crippen molar-refractivity contribution in [2.24, 2.45) is 0 Å². The highest BCUT2D eigenvalue weighted by atomic mass is 32.1. The largest absolute Gasteiger partial charge is 0.465 e. The van der Waals surface area contributed by atoms with Gasteiger partial charge in [-0.2, -0.15) is 0 Å². The number of nitrogens with one attached hydrogen (secondary N) is 1. The summed E-state index contributed by atoms with van der Waals surface area (Å²) in [6.07, 6.45) is 2.24. The van der Waals surface area contributed by atoms with Gasteiger partial charge < -0.3 is 10.1 Å². The first kappa shape index (κ1) is 18.1. The Morgan fingerprint density at radius 3 is 2.92 bits per heavy atom. The van der Waals surface area contributed by atoms with E-state index in [4.69, 9.17) is 4.74 Å². The molecule has 3 heterocycles. The normalized spacial score (nSPS) is 14.2. The second kappa shape index (κ2) is 8.12. The van der Waals surface area contributed by atoms with Gasteiger partial charge >= 0.3 is 5.97 Å². The van der Waals surface area contributed by atoms with E-state index in [9.17, 15) is 9.59 Å². The van der Waals surface area contributed by atoms with Gasteiger partial charge in [-0.05, 0) is 36.4 Å². The van der Waals surface area contributed by atoms with Crippen LogP contribution in [0.5, 0.6) is 0 Å². The van der Waals surface area contributed by atoms with Crippen molar-refractivity contribution in [1.29, 1.82) is 0 Å². The Morgan fingerprint density at radius 1 is 1.40 bits per heavy atom. The number of carbonyl (C=O) groups is 2. The number of ether oxygens (including phenoxy) is 1. The van der Waals surface area contributed by atoms with E-state index in [0.29, 0.717) is 17.0 Å². The van der Waals surface area contributed by atoms with E-state index in [2.05, 4.69) is 17.1 Å². The molecule has 0 saturated heterocycles. The molecule has 0 fully saturated rings. The molecule has 1 N–H and O–H groups in total. The molecule has 3 rings (SSSR count). The summed E-state index contributed by atoms with van der Waals surface area (Å²) in [5.74, 6) is -0.468. The molecule has 1 aliphatic rings. The number of amides is 1. The second-order valence-corrected chi connectivity index (χ2v) is 8.17. The minimum Gasteiger partial charge on any atom is -0.465 e. The summed E-state index contributed by atoms with van der Waals surface area (Å²) in [5, 5.41) is 5.51. The highest BCUT2D eigenvalue weighted by Crippen LogP contribution is 2.37. The maximum Gasteiger partial charge on any atom is 0.341 e. The lowest BCUT2D eigenvalue weighted by molar-refractivity contribution is -0.115. The molecule has 1 amide bonds. The summed E-state index contributed by atoms with van der Waals surface area (Å²) in [6, 6.07) is 3.87. The van der Waals surface area contributed by atoms with E-state index < -0.39 is 0 Å². The zero-order chi connectivity index (χ0) is 17.8. The Balaban J connectivity index is 1.82. The lowest BCUT2D eigenvalue weighted by Gasteiger charge is -2.26. The van der Waals surface area contributed by atoms with Gasteiger partial charge in [0.05, 0.1) is 19.1 Å². The summed E-state index contributed by atoms with van der Waals surface area (Å²) in [5.41, 5.74) is 1.58. The van der Waals surface area contributed by atoms with Crippen molar-refractivity contribution in [3.05, 3.63) is 38.4 Å². The molecule has 0 bridgehead atoms. The fourth-order valence-corrected chi connectivity index (χ4v) is 5.11. The number of anilines is 1. The summed E-state index contributed by atoms with van der Waals surface area (Å²) in [4.78, 5) is 29.2. The number of methoxy groups -OCH3 is 1. The SMILES string of the molecule is CCCN1CCc2c(sc(NC(=O)Cc3cccs3)c2C(=O)OC)C1. The quantitative estimate of drug-likeness (QED) is 0.781. The van der Waals surface area contributed by atoms with Crippen molar-refractivity contribution in [1.82, 2.24) is 4.90 Å². The van der Waals surface area contributed by atoms with Gasteiger partial charge in [0.2, 0.25) is 5.91 Å². The van der Waals surface area contributed by atoms with Crippen LogP contribution in [0.3, 0.4) is 0 Å². The van der Waals surface area contributed by atoms with E-state index in [1.165, 1.54) is 18.4 Å². The molecule has 0 radical (unpaired) electrons. The van der Waals surface area contributed by atoms with Crippen LogP contribution >= 0.6 is 22.7 Å². The van der Waals surface area contributed by atoms with Gasteiger partial charge in [-0.25, -0.2) is 4.79 Å². The molecule has 0 saturated carbocycles. The molecule has 25 heavy (non-hydrogen) atoms. The van der Waals surface area contributed by atoms with E-state index >= 15 is 0 Å². The monoisotopic (exact) mass is 378 g/mol. The standard InChI is InChI=1S/C18H22N2O3S2/c1-3-7-20-8-6-13-14(11-20)25-17(16(13)18(22)23-2)19-15(21)10-12-5-4-9-24-12/h4-5,9H,3,6-8,10-11H2,1-2H3,(H,19,21). The zero-order valence-corrected chi connectivity index (χ0v) is 16.1. The van der Waals surface area contributed by atoms with Crippen molar-refractivity contribution >= 4 is 39.6 Å². The fourth-order valence-electron chi connectivity index (χ4n) is 3.11. The van der Waals surface area contributed by atoms with Crippen molar-refractivity contribution in [3.8, 4) is 0 Å². The third-order valence-corrected chi connectivity index (χ3v) is 6.24. The van der Waals surface area contributed by atoms with Crippen molar-refractivity contribution < 1.29 is 14.3 Å². The number of hydrogen-bond donors (Lipinski definition) is 1. The van der Waals surface area contributed by atoms with Gasteiger partial charge in [-0.3, -0.25) is 9.69 Å². The van der Waals surface area contributed by atoms with Crippen LogP contribution in [0, 0.1) is 0 Å². The molecular weight excluding hydrogens is 356 g/mol. The van der Waals surface area contributed by atoms with E-state index in [0.717, 1.165) is 47.8 Å². The first-order chi connectivity index (χ1) is 12.1. The van der Waals surface area contributed by atoms with Gasteiger partial charge in [-0.1, -0.05) is 13.0 Å². The van der Waals surface area contributed by atoms with Crippen LogP contribution in [-0.4, -0.2) is 37.0 Å². The lowest BCUT2D eigenvalue weighted by atomic mass is 10.0. The van der Waals surface area contributed by atoms with Gasteiger partial charge in [0.1, 0.15) is 5.00 Å². The van der Waals surface area contributed by atoms with Gasteiger partial charge in [0.25, 0.3) is 0 Å². The van der Waals surface area contributed by atoms with Crippen LogP contribution in [0.2, 0.25) is 0 Å². The first-order valence-corrected chi connectivity index (χ1v) is 10.1. The van der Waals surface area contributed by atoms with Crippen LogP contribution < -0.4 is 5.32 Å². The molecule has 0 atom stereocenters. The van der Waals surface area contributed by atoms with Gasteiger partial charge in [0.15, 0.2) is 0 Å². The van der Waals surface area contributed by atoms with Crippen molar-refractivity contribution in [2.75, 3.05) is 25.5 Å². The molecule has 0 spiro atoms. The maximum absolute atomic E-state index is 12.4. The van der Waals surface area contributed by atoms with E-state index in [-0.39, 0.29) is 11.9 Å². The molecule has 2 aromatic heterocycles. The number of carbonyl (C=O) groups excluding carboxylic acids is 2. The van der Waals surface area contributed by atoms with Gasteiger partial charge in [-0.15, -0.1) is 22.7 Å². The number of hydrogen-bond acceptors (Lipinski definition) is 6. The number of rotatable bonds is 6. The average Bonchev–Trinajstić information content (AvgIpc) is 3.21. The third kappa shape index (κ3) is 4.11. The predicted molar refractivity (Wildman–Crippen MR) is 102 cm³/mol. The molecule has 0 unspecified atom stereocenters. The van der Waals surface area contributed by atoms with Crippen molar-refractivity contribution in [2.45, 2.75) is 32.7 Å². The predicted octanol–water partition coefficient (Wildman–Crippen LogP) is 3.55. The molecule has 134 valence electrons. The Hall–Kier alpha value is -1.70. The summed E-state index contributed by atoms with van der Waals surface area (Å²) < 4.78 is 4.97. The molecule has 1 aliphatic heterocycles. The van der Waals surface area contributed by atoms with Crippen LogP contribution in [-0.2, 0) is 28.9 Å².